The van der Waals surface area contributed by atoms with Crippen molar-refractivity contribution in [3.63, 3.8) is 0 Å². The molecule has 1 aromatic heterocycles. The van der Waals surface area contributed by atoms with Crippen molar-refractivity contribution in [1.29, 1.82) is 0 Å². The third-order valence-electron chi connectivity index (χ3n) is 4.12. The average Bonchev–Trinajstić information content (AvgIpc) is 2.65. The van der Waals surface area contributed by atoms with Gasteiger partial charge in [-0.3, -0.25) is 4.79 Å². The molecule has 0 atom stereocenters. The highest BCUT2D eigenvalue weighted by atomic mass is 32.2. The van der Waals surface area contributed by atoms with E-state index >= 15 is 0 Å². The van der Waals surface area contributed by atoms with Crippen molar-refractivity contribution < 1.29 is 0 Å². The molecule has 3 nitrogen and oxygen atoms in total. The molecule has 0 saturated carbocycles. The van der Waals surface area contributed by atoms with E-state index in [0.29, 0.717) is 5.92 Å². The molecule has 1 saturated heterocycles. The lowest BCUT2D eigenvalue weighted by atomic mass is 9.84. The topological polar surface area (TPSA) is 44.9 Å². The fourth-order valence-electron chi connectivity index (χ4n) is 2.91. The van der Waals surface area contributed by atoms with Gasteiger partial charge in [0.2, 0.25) is 0 Å². The number of piperidine rings is 1. The number of nitrogens with one attached hydrogen (secondary N) is 2. The lowest BCUT2D eigenvalue weighted by Crippen LogP contribution is -2.30. The first-order valence-corrected chi connectivity index (χ1v) is 7.68. The molecule has 98 valence electrons. The summed E-state index contributed by atoms with van der Waals surface area (Å²) >= 11 is 1.78. The molecule has 2 aliphatic rings. The van der Waals surface area contributed by atoms with Crippen LogP contribution in [-0.4, -0.2) is 23.8 Å². The largest absolute Gasteiger partial charge is 0.317 e. The van der Waals surface area contributed by atoms with Crippen molar-refractivity contribution >= 4 is 11.8 Å². The Morgan fingerprint density at radius 2 is 2.06 bits per heavy atom. The monoisotopic (exact) mass is 264 g/mol. The average molecular weight is 264 g/mol. The molecule has 0 unspecified atom stereocenters. The SMILES string of the molecule is CC1(C)CSc2[nH]c(=O)c(C3CCNCC3)cc21. The van der Waals surface area contributed by atoms with Crippen molar-refractivity contribution in [2.24, 2.45) is 0 Å². The van der Waals surface area contributed by atoms with E-state index in [1.54, 1.807) is 11.8 Å². The number of fused-ring (bicyclic) bond motifs is 1. The molecule has 0 radical (unpaired) electrons. The van der Waals surface area contributed by atoms with E-state index in [-0.39, 0.29) is 11.0 Å². The highest BCUT2D eigenvalue weighted by Crippen LogP contribution is 2.42. The van der Waals surface area contributed by atoms with Gasteiger partial charge in [0.1, 0.15) is 0 Å². The fraction of sp³-hybridized carbons (Fsp3) is 0.643. The first kappa shape index (κ1) is 12.3. The minimum absolute atomic E-state index is 0.130. The number of H-pyrrole nitrogens is 1. The Balaban J connectivity index is 2.03. The lowest BCUT2D eigenvalue weighted by Gasteiger charge is -2.24. The number of rotatable bonds is 1. The molecule has 3 rings (SSSR count). The Hall–Kier alpha value is -0.740. The van der Waals surface area contributed by atoms with Crippen LogP contribution in [0.2, 0.25) is 0 Å². The third kappa shape index (κ3) is 2.01. The molecule has 0 amide bonds. The summed E-state index contributed by atoms with van der Waals surface area (Å²) in [4.78, 5) is 15.3. The van der Waals surface area contributed by atoms with Gasteiger partial charge in [-0.1, -0.05) is 13.8 Å². The maximum Gasteiger partial charge on any atom is 0.252 e. The van der Waals surface area contributed by atoms with Crippen LogP contribution in [0.15, 0.2) is 15.9 Å². The number of pyridine rings is 1. The first-order chi connectivity index (χ1) is 8.58. The van der Waals surface area contributed by atoms with Crippen molar-refractivity contribution in [2.45, 2.75) is 43.0 Å². The number of hydrogen-bond acceptors (Lipinski definition) is 3. The third-order valence-corrected chi connectivity index (χ3v) is 5.60. The van der Waals surface area contributed by atoms with E-state index in [4.69, 9.17) is 0 Å². The van der Waals surface area contributed by atoms with Crippen LogP contribution in [0.4, 0.5) is 0 Å². The molecule has 2 N–H and O–H groups in total. The van der Waals surface area contributed by atoms with E-state index in [1.807, 2.05) is 0 Å². The van der Waals surface area contributed by atoms with Gasteiger partial charge < -0.3 is 10.3 Å². The van der Waals surface area contributed by atoms with Crippen LogP contribution in [0.1, 0.15) is 43.7 Å². The summed E-state index contributed by atoms with van der Waals surface area (Å²) in [6.45, 7) is 6.57. The van der Waals surface area contributed by atoms with Gasteiger partial charge >= 0.3 is 0 Å². The van der Waals surface area contributed by atoms with Crippen LogP contribution in [0, 0.1) is 0 Å². The molecule has 2 aliphatic heterocycles. The molecule has 0 bridgehead atoms. The summed E-state index contributed by atoms with van der Waals surface area (Å²) in [6, 6.07) is 2.18. The number of aromatic amines is 1. The highest BCUT2D eigenvalue weighted by molar-refractivity contribution is 7.99. The van der Waals surface area contributed by atoms with E-state index in [0.717, 1.165) is 42.3 Å². The van der Waals surface area contributed by atoms with Gasteiger partial charge in [-0.25, -0.2) is 0 Å². The zero-order chi connectivity index (χ0) is 12.8. The van der Waals surface area contributed by atoms with Crippen LogP contribution < -0.4 is 10.9 Å². The molecule has 1 fully saturated rings. The Labute approximate surface area is 112 Å². The number of aromatic nitrogens is 1. The van der Waals surface area contributed by atoms with Crippen molar-refractivity contribution in [3.05, 3.63) is 27.5 Å². The minimum atomic E-state index is 0.130. The van der Waals surface area contributed by atoms with Gasteiger partial charge in [-0.15, -0.1) is 11.8 Å². The maximum absolute atomic E-state index is 12.2. The van der Waals surface area contributed by atoms with Crippen LogP contribution in [0.3, 0.4) is 0 Å². The first-order valence-electron chi connectivity index (χ1n) is 6.69. The molecule has 3 heterocycles. The molecular weight excluding hydrogens is 244 g/mol. The Morgan fingerprint density at radius 1 is 1.33 bits per heavy atom. The molecule has 0 aromatic carbocycles. The summed E-state index contributed by atoms with van der Waals surface area (Å²) in [7, 11) is 0. The lowest BCUT2D eigenvalue weighted by molar-refractivity contribution is 0.455. The summed E-state index contributed by atoms with van der Waals surface area (Å²) in [5.41, 5.74) is 2.66. The summed E-state index contributed by atoms with van der Waals surface area (Å²) in [5.74, 6) is 1.50. The Morgan fingerprint density at radius 3 is 2.78 bits per heavy atom. The standard InChI is InChI=1S/C14H20N2OS/c1-14(2)8-18-13-11(14)7-10(12(17)16-13)9-3-5-15-6-4-9/h7,9,15H,3-6,8H2,1-2H3,(H,16,17). The van der Waals surface area contributed by atoms with Crippen molar-refractivity contribution in [2.75, 3.05) is 18.8 Å². The predicted molar refractivity (Wildman–Crippen MR) is 75.7 cm³/mol. The van der Waals surface area contributed by atoms with Gasteiger partial charge in [0.25, 0.3) is 5.56 Å². The number of thioether (sulfide) groups is 1. The molecule has 0 spiro atoms. The Bertz CT molecular complexity index is 515. The zero-order valence-corrected chi connectivity index (χ0v) is 11.8. The molecule has 4 heteroatoms. The van der Waals surface area contributed by atoms with E-state index in [2.05, 4.69) is 30.2 Å². The summed E-state index contributed by atoms with van der Waals surface area (Å²) in [5, 5.41) is 4.44. The molecular formula is C14H20N2OS. The number of hydrogen-bond donors (Lipinski definition) is 2. The highest BCUT2D eigenvalue weighted by Gasteiger charge is 2.33. The molecule has 1 aromatic rings. The van der Waals surface area contributed by atoms with Gasteiger partial charge in [-0.05, 0) is 43.5 Å². The van der Waals surface area contributed by atoms with E-state index < -0.39 is 0 Å². The molecule has 0 aliphatic carbocycles. The fourth-order valence-corrected chi connectivity index (χ4v) is 4.23. The normalized spacial score (nSPS) is 23.0. The van der Waals surface area contributed by atoms with Crippen LogP contribution in [0.5, 0.6) is 0 Å². The van der Waals surface area contributed by atoms with Crippen LogP contribution >= 0.6 is 11.8 Å². The van der Waals surface area contributed by atoms with Gasteiger partial charge in [0.15, 0.2) is 0 Å². The molecule has 18 heavy (non-hydrogen) atoms. The quantitative estimate of drug-likeness (QED) is 0.817. The zero-order valence-electron chi connectivity index (χ0n) is 11.0. The smallest absolute Gasteiger partial charge is 0.252 e. The maximum atomic E-state index is 12.2. The summed E-state index contributed by atoms with van der Waals surface area (Å²) in [6.07, 6.45) is 2.16. The van der Waals surface area contributed by atoms with Crippen LogP contribution in [-0.2, 0) is 5.41 Å². The Kier molecular flexibility index (Phi) is 3.02. The predicted octanol–water partition coefficient (Wildman–Crippen LogP) is 2.23. The second-order valence-corrected chi connectivity index (χ2v) is 6.98. The minimum Gasteiger partial charge on any atom is -0.317 e. The van der Waals surface area contributed by atoms with E-state index in [1.165, 1.54) is 5.56 Å². The van der Waals surface area contributed by atoms with Gasteiger partial charge in [-0.2, -0.15) is 0 Å². The van der Waals surface area contributed by atoms with Crippen molar-refractivity contribution in [3.8, 4) is 0 Å². The summed E-state index contributed by atoms with van der Waals surface area (Å²) < 4.78 is 0. The second-order valence-electron chi connectivity index (χ2n) is 5.99. The van der Waals surface area contributed by atoms with Crippen molar-refractivity contribution in [1.82, 2.24) is 10.3 Å². The second kappa shape index (κ2) is 4.42. The van der Waals surface area contributed by atoms with E-state index in [9.17, 15) is 4.79 Å². The van der Waals surface area contributed by atoms with Gasteiger partial charge in [0, 0.05) is 16.7 Å². The van der Waals surface area contributed by atoms with Crippen LogP contribution in [0.25, 0.3) is 0 Å². The van der Waals surface area contributed by atoms with Gasteiger partial charge in [0.05, 0.1) is 5.03 Å².